The fourth-order valence-electron chi connectivity index (χ4n) is 2.05. The van der Waals surface area contributed by atoms with Gasteiger partial charge in [-0.15, -0.1) is 0 Å². The van der Waals surface area contributed by atoms with Crippen LogP contribution in [0.2, 0.25) is 0 Å². The second-order valence-electron chi connectivity index (χ2n) is 4.09. The predicted octanol–water partition coefficient (Wildman–Crippen LogP) is 3.42. The average Bonchev–Trinajstić information content (AvgIpc) is 2.42. The molecule has 1 heterocycles. The maximum atomic E-state index is 4.38. The maximum Gasteiger partial charge on any atom is 0.0702 e. The molecule has 0 fully saturated rings. The van der Waals surface area contributed by atoms with Crippen molar-refractivity contribution >= 4 is 0 Å². The van der Waals surface area contributed by atoms with Crippen LogP contribution >= 0.6 is 0 Å². The number of nitrogens with zero attached hydrogens (tertiary/aromatic N) is 1. The van der Waals surface area contributed by atoms with Crippen LogP contribution in [-0.4, -0.2) is 12.0 Å². The summed E-state index contributed by atoms with van der Waals surface area (Å²) in [6, 6.07) is 15.0. The number of benzene rings is 1. The van der Waals surface area contributed by atoms with Gasteiger partial charge in [0.15, 0.2) is 0 Å². The highest BCUT2D eigenvalue weighted by Gasteiger charge is 2.07. The van der Waals surface area contributed by atoms with Gasteiger partial charge in [-0.1, -0.05) is 31.2 Å². The van der Waals surface area contributed by atoms with Crippen LogP contribution in [0.25, 0.3) is 11.3 Å². The molecule has 0 saturated carbocycles. The van der Waals surface area contributed by atoms with E-state index >= 15 is 0 Å². The van der Waals surface area contributed by atoms with Crippen molar-refractivity contribution in [2.24, 2.45) is 0 Å². The Balaban J connectivity index is 2.35. The normalized spacial score (nSPS) is 12.4. The summed E-state index contributed by atoms with van der Waals surface area (Å²) >= 11 is 0. The number of nitrogens with one attached hydrogen (secondary N) is 1. The van der Waals surface area contributed by atoms with Crippen LogP contribution in [0.3, 0.4) is 0 Å². The molecule has 1 aromatic heterocycles. The average molecular weight is 226 g/mol. The lowest BCUT2D eigenvalue weighted by Gasteiger charge is -2.15. The number of hydrogen-bond acceptors (Lipinski definition) is 2. The van der Waals surface area contributed by atoms with E-state index in [9.17, 15) is 0 Å². The second-order valence-corrected chi connectivity index (χ2v) is 4.09. The van der Waals surface area contributed by atoms with Crippen LogP contribution in [0, 0.1) is 0 Å². The molecule has 2 rings (SSSR count). The van der Waals surface area contributed by atoms with Crippen molar-refractivity contribution in [1.82, 2.24) is 10.3 Å². The first-order valence-corrected chi connectivity index (χ1v) is 6.03. The van der Waals surface area contributed by atoms with Crippen LogP contribution in [0.5, 0.6) is 0 Å². The van der Waals surface area contributed by atoms with E-state index in [-0.39, 0.29) is 0 Å². The smallest absolute Gasteiger partial charge is 0.0702 e. The Morgan fingerprint density at radius 1 is 1.18 bits per heavy atom. The minimum atomic E-state index is 0.415. The standard InChI is InChI=1S/C15H18N2/c1-3-14(16-2)12-7-6-8-13(11-12)15-9-4-5-10-17-15/h4-11,14,16H,3H2,1-2H3. The van der Waals surface area contributed by atoms with Crippen molar-refractivity contribution in [2.45, 2.75) is 19.4 Å². The van der Waals surface area contributed by atoms with Gasteiger partial charge in [0.1, 0.15) is 0 Å². The van der Waals surface area contributed by atoms with Gasteiger partial charge in [0.05, 0.1) is 5.69 Å². The second kappa shape index (κ2) is 5.60. The summed E-state index contributed by atoms with van der Waals surface area (Å²) in [5.74, 6) is 0. The van der Waals surface area contributed by atoms with E-state index in [2.05, 4.69) is 41.5 Å². The molecular formula is C15H18N2. The van der Waals surface area contributed by atoms with Crippen molar-refractivity contribution < 1.29 is 0 Å². The molecule has 2 nitrogen and oxygen atoms in total. The first kappa shape index (κ1) is 11.8. The van der Waals surface area contributed by atoms with Crippen LogP contribution in [0.1, 0.15) is 24.9 Å². The predicted molar refractivity (Wildman–Crippen MR) is 71.8 cm³/mol. The molecule has 1 N–H and O–H groups in total. The third kappa shape index (κ3) is 2.71. The Labute approximate surface area is 103 Å². The molecule has 0 aliphatic heterocycles. The quantitative estimate of drug-likeness (QED) is 0.864. The van der Waals surface area contributed by atoms with Gasteiger partial charge in [0, 0.05) is 17.8 Å². The molecule has 0 aliphatic rings. The van der Waals surface area contributed by atoms with Crippen LogP contribution in [-0.2, 0) is 0 Å². The molecule has 0 saturated heterocycles. The molecule has 0 amide bonds. The Morgan fingerprint density at radius 2 is 2.06 bits per heavy atom. The zero-order chi connectivity index (χ0) is 12.1. The molecule has 88 valence electrons. The topological polar surface area (TPSA) is 24.9 Å². The van der Waals surface area contributed by atoms with E-state index in [1.165, 1.54) is 11.1 Å². The summed E-state index contributed by atoms with van der Waals surface area (Å²) in [5, 5.41) is 3.33. The van der Waals surface area contributed by atoms with Crippen molar-refractivity contribution in [3.05, 3.63) is 54.2 Å². The van der Waals surface area contributed by atoms with Crippen molar-refractivity contribution in [3.8, 4) is 11.3 Å². The third-order valence-corrected chi connectivity index (χ3v) is 3.01. The highest BCUT2D eigenvalue weighted by molar-refractivity contribution is 5.59. The van der Waals surface area contributed by atoms with Crippen LogP contribution in [0.15, 0.2) is 48.7 Å². The van der Waals surface area contributed by atoms with Gasteiger partial charge in [0.2, 0.25) is 0 Å². The zero-order valence-corrected chi connectivity index (χ0v) is 10.4. The molecular weight excluding hydrogens is 208 g/mol. The Kier molecular flexibility index (Phi) is 3.89. The highest BCUT2D eigenvalue weighted by atomic mass is 14.9. The van der Waals surface area contributed by atoms with E-state index < -0.39 is 0 Å². The molecule has 17 heavy (non-hydrogen) atoms. The van der Waals surface area contributed by atoms with Crippen LogP contribution < -0.4 is 5.32 Å². The van der Waals surface area contributed by atoms with Gasteiger partial charge < -0.3 is 5.32 Å². The van der Waals surface area contributed by atoms with Gasteiger partial charge in [-0.05, 0) is 37.2 Å². The molecule has 2 heteroatoms. The Bertz CT molecular complexity index is 461. The first-order chi connectivity index (χ1) is 8.35. The summed E-state index contributed by atoms with van der Waals surface area (Å²) in [6.07, 6.45) is 2.92. The first-order valence-electron chi connectivity index (χ1n) is 6.03. The van der Waals surface area contributed by atoms with Crippen LogP contribution in [0.4, 0.5) is 0 Å². The largest absolute Gasteiger partial charge is 0.313 e. The zero-order valence-electron chi connectivity index (χ0n) is 10.4. The summed E-state index contributed by atoms with van der Waals surface area (Å²) < 4.78 is 0. The van der Waals surface area contributed by atoms with Gasteiger partial charge >= 0.3 is 0 Å². The fourth-order valence-corrected chi connectivity index (χ4v) is 2.05. The maximum absolute atomic E-state index is 4.38. The van der Waals surface area contributed by atoms with Gasteiger partial charge in [0.25, 0.3) is 0 Å². The minimum Gasteiger partial charge on any atom is -0.313 e. The number of rotatable bonds is 4. The number of pyridine rings is 1. The Hall–Kier alpha value is -1.67. The van der Waals surface area contributed by atoms with Crippen molar-refractivity contribution in [2.75, 3.05) is 7.05 Å². The highest BCUT2D eigenvalue weighted by Crippen LogP contribution is 2.22. The lowest BCUT2D eigenvalue weighted by molar-refractivity contribution is 0.577. The van der Waals surface area contributed by atoms with Gasteiger partial charge in [-0.3, -0.25) is 4.98 Å². The third-order valence-electron chi connectivity index (χ3n) is 3.01. The molecule has 0 radical (unpaired) electrons. The lowest BCUT2D eigenvalue weighted by Crippen LogP contribution is -2.15. The van der Waals surface area contributed by atoms with Gasteiger partial charge in [-0.25, -0.2) is 0 Å². The lowest BCUT2D eigenvalue weighted by atomic mass is 10.0. The van der Waals surface area contributed by atoms with Gasteiger partial charge in [-0.2, -0.15) is 0 Å². The molecule has 1 aromatic carbocycles. The molecule has 0 spiro atoms. The summed E-state index contributed by atoms with van der Waals surface area (Å²) in [7, 11) is 2.00. The van der Waals surface area contributed by atoms with E-state index in [4.69, 9.17) is 0 Å². The van der Waals surface area contributed by atoms with E-state index in [0.29, 0.717) is 6.04 Å². The molecule has 2 aromatic rings. The number of hydrogen-bond donors (Lipinski definition) is 1. The minimum absolute atomic E-state index is 0.415. The van der Waals surface area contributed by atoms with Crippen molar-refractivity contribution in [1.29, 1.82) is 0 Å². The summed E-state index contributed by atoms with van der Waals surface area (Å²) in [4.78, 5) is 4.38. The summed E-state index contributed by atoms with van der Waals surface area (Å²) in [5.41, 5.74) is 3.52. The monoisotopic (exact) mass is 226 g/mol. The fraction of sp³-hybridized carbons (Fsp3) is 0.267. The molecule has 1 atom stereocenters. The van der Waals surface area contributed by atoms with E-state index in [1.807, 2.05) is 31.4 Å². The Morgan fingerprint density at radius 3 is 2.71 bits per heavy atom. The number of aromatic nitrogens is 1. The van der Waals surface area contributed by atoms with Crippen molar-refractivity contribution in [3.63, 3.8) is 0 Å². The molecule has 1 unspecified atom stereocenters. The van der Waals surface area contributed by atoms with E-state index in [0.717, 1.165) is 12.1 Å². The van der Waals surface area contributed by atoms with E-state index in [1.54, 1.807) is 0 Å². The molecule has 0 aliphatic carbocycles. The summed E-state index contributed by atoms with van der Waals surface area (Å²) in [6.45, 7) is 2.19. The molecule has 0 bridgehead atoms. The SMILES string of the molecule is CCC(NC)c1cccc(-c2ccccn2)c1.